The van der Waals surface area contributed by atoms with Crippen LogP contribution in [-0.4, -0.2) is 19.0 Å². The molecule has 0 bridgehead atoms. The second-order valence-electron chi connectivity index (χ2n) is 4.43. The molecule has 0 aliphatic heterocycles. The molecule has 0 unspecified atom stereocenters. The fourth-order valence-electron chi connectivity index (χ4n) is 1.45. The molecule has 1 aromatic carbocycles. The van der Waals surface area contributed by atoms with E-state index in [-0.39, 0.29) is 11.9 Å². The summed E-state index contributed by atoms with van der Waals surface area (Å²) in [5, 5.41) is 7.90. The van der Waals surface area contributed by atoms with Gasteiger partial charge in [-0.3, -0.25) is 4.79 Å². The predicted octanol–water partition coefficient (Wildman–Crippen LogP) is 2.42. The highest BCUT2D eigenvalue weighted by atomic mass is 16.2. The minimum absolute atomic E-state index is 0.0258. The van der Waals surface area contributed by atoms with Gasteiger partial charge in [0.05, 0.1) is 0 Å². The zero-order valence-electron chi connectivity index (χ0n) is 10.9. The van der Waals surface area contributed by atoms with Gasteiger partial charge in [0, 0.05) is 24.8 Å². The van der Waals surface area contributed by atoms with Crippen LogP contribution in [0.3, 0.4) is 0 Å². The van der Waals surface area contributed by atoms with Crippen LogP contribution < -0.4 is 16.0 Å². The number of nitrogens with one attached hydrogen (secondary N) is 3. The van der Waals surface area contributed by atoms with Gasteiger partial charge < -0.3 is 16.0 Å². The summed E-state index contributed by atoms with van der Waals surface area (Å²) in [5.41, 5.74) is 1.31. The van der Waals surface area contributed by atoms with Crippen LogP contribution in [0.15, 0.2) is 24.3 Å². The number of carbonyl (C=O) groups excluding carboxylic acids is 2. The van der Waals surface area contributed by atoms with Crippen LogP contribution in [0.5, 0.6) is 0 Å². The van der Waals surface area contributed by atoms with Crippen molar-refractivity contribution in [3.8, 4) is 0 Å². The minimum atomic E-state index is -0.291. The SMILES string of the molecule is CNC(=O)Nc1cccc(NC(=O)CC(C)C)c1. The molecule has 1 aromatic rings. The molecule has 0 fully saturated rings. The Hall–Kier alpha value is -2.04. The van der Waals surface area contributed by atoms with E-state index in [1.54, 1.807) is 31.3 Å². The summed E-state index contributed by atoms with van der Waals surface area (Å²) in [6.07, 6.45) is 0.479. The topological polar surface area (TPSA) is 70.2 Å². The Morgan fingerprint density at radius 3 is 2.33 bits per heavy atom. The average Bonchev–Trinajstić information content (AvgIpc) is 2.28. The summed E-state index contributed by atoms with van der Waals surface area (Å²) >= 11 is 0. The van der Waals surface area contributed by atoms with Crippen LogP contribution in [0.25, 0.3) is 0 Å². The van der Waals surface area contributed by atoms with E-state index in [0.29, 0.717) is 23.7 Å². The monoisotopic (exact) mass is 249 g/mol. The van der Waals surface area contributed by atoms with E-state index in [0.717, 1.165) is 0 Å². The molecule has 5 nitrogen and oxygen atoms in total. The summed E-state index contributed by atoms with van der Waals surface area (Å²) in [6.45, 7) is 3.98. The van der Waals surface area contributed by atoms with Crippen LogP contribution in [0.4, 0.5) is 16.2 Å². The molecule has 0 aromatic heterocycles. The first-order chi connectivity index (χ1) is 8.51. The van der Waals surface area contributed by atoms with Crippen molar-refractivity contribution in [1.82, 2.24) is 5.32 Å². The van der Waals surface area contributed by atoms with Crippen molar-refractivity contribution in [1.29, 1.82) is 0 Å². The smallest absolute Gasteiger partial charge is 0.318 e. The highest BCUT2D eigenvalue weighted by Crippen LogP contribution is 2.15. The molecular weight excluding hydrogens is 230 g/mol. The van der Waals surface area contributed by atoms with Crippen LogP contribution in [0.2, 0.25) is 0 Å². The lowest BCUT2D eigenvalue weighted by Gasteiger charge is -2.09. The largest absolute Gasteiger partial charge is 0.341 e. The molecule has 18 heavy (non-hydrogen) atoms. The van der Waals surface area contributed by atoms with Crippen LogP contribution in [0.1, 0.15) is 20.3 Å². The molecule has 1 rings (SSSR count). The Kier molecular flexibility index (Phi) is 5.17. The second kappa shape index (κ2) is 6.64. The lowest BCUT2D eigenvalue weighted by Crippen LogP contribution is -2.24. The summed E-state index contributed by atoms with van der Waals surface area (Å²) in [7, 11) is 1.55. The molecule has 0 heterocycles. The fraction of sp³-hybridized carbons (Fsp3) is 0.385. The Morgan fingerprint density at radius 1 is 1.17 bits per heavy atom. The van der Waals surface area contributed by atoms with Gasteiger partial charge in [-0.15, -0.1) is 0 Å². The molecule has 0 saturated carbocycles. The van der Waals surface area contributed by atoms with E-state index in [4.69, 9.17) is 0 Å². The van der Waals surface area contributed by atoms with Crippen molar-refractivity contribution in [2.24, 2.45) is 5.92 Å². The quantitative estimate of drug-likeness (QED) is 0.767. The molecule has 0 saturated heterocycles. The number of rotatable bonds is 4. The molecule has 0 aliphatic rings. The van der Waals surface area contributed by atoms with Gasteiger partial charge in [-0.1, -0.05) is 19.9 Å². The molecule has 0 radical (unpaired) electrons. The maximum Gasteiger partial charge on any atom is 0.318 e. The average molecular weight is 249 g/mol. The van der Waals surface area contributed by atoms with Crippen molar-refractivity contribution in [3.05, 3.63) is 24.3 Å². The van der Waals surface area contributed by atoms with Crippen LogP contribution in [0, 0.1) is 5.92 Å². The van der Waals surface area contributed by atoms with Gasteiger partial charge in [-0.05, 0) is 24.1 Å². The van der Waals surface area contributed by atoms with Gasteiger partial charge in [0.15, 0.2) is 0 Å². The third-order valence-electron chi connectivity index (χ3n) is 2.22. The molecular formula is C13H19N3O2. The van der Waals surface area contributed by atoms with Crippen molar-refractivity contribution >= 4 is 23.3 Å². The first-order valence-corrected chi connectivity index (χ1v) is 5.90. The number of hydrogen-bond acceptors (Lipinski definition) is 2. The molecule has 98 valence electrons. The van der Waals surface area contributed by atoms with Gasteiger partial charge in [0.25, 0.3) is 0 Å². The summed E-state index contributed by atoms with van der Waals surface area (Å²) in [6, 6.07) is 6.74. The summed E-state index contributed by atoms with van der Waals surface area (Å²) in [4.78, 5) is 22.8. The van der Waals surface area contributed by atoms with Crippen LogP contribution in [-0.2, 0) is 4.79 Å². The van der Waals surface area contributed by atoms with Crippen molar-refractivity contribution in [3.63, 3.8) is 0 Å². The van der Waals surface area contributed by atoms with Gasteiger partial charge >= 0.3 is 6.03 Å². The Balaban J connectivity index is 2.64. The lowest BCUT2D eigenvalue weighted by atomic mass is 10.1. The number of anilines is 2. The first kappa shape index (κ1) is 14.0. The third-order valence-corrected chi connectivity index (χ3v) is 2.22. The van der Waals surface area contributed by atoms with E-state index in [1.165, 1.54) is 0 Å². The predicted molar refractivity (Wildman–Crippen MR) is 72.6 cm³/mol. The van der Waals surface area contributed by atoms with E-state index in [1.807, 2.05) is 13.8 Å². The Labute approximate surface area is 107 Å². The minimum Gasteiger partial charge on any atom is -0.341 e. The molecule has 5 heteroatoms. The number of carbonyl (C=O) groups is 2. The van der Waals surface area contributed by atoms with Gasteiger partial charge in [0.2, 0.25) is 5.91 Å². The number of hydrogen-bond donors (Lipinski definition) is 3. The number of benzene rings is 1. The molecule has 0 aliphatic carbocycles. The molecule has 0 spiro atoms. The number of amides is 3. The zero-order valence-corrected chi connectivity index (χ0v) is 10.9. The maximum absolute atomic E-state index is 11.6. The fourth-order valence-corrected chi connectivity index (χ4v) is 1.45. The Bertz CT molecular complexity index is 430. The molecule has 3 N–H and O–H groups in total. The Morgan fingerprint density at radius 2 is 1.78 bits per heavy atom. The van der Waals surface area contributed by atoms with Gasteiger partial charge in [0.1, 0.15) is 0 Å². The standard InChI is InChI=1S/C13H19N3O2/c1-9(2)7-12(17)15-10-5-4-6-11(8-10)16-13(18)14-3/h4-6,8-9H,7H2,1-3H3,(H,15,17)(H2,14,16,18). The molecule has 0 atom stereocenters. The zero-order chi connectivity index (χ0) is 13.5. The van der Waals surface area contributed by atoms with Crippen molar-refractivity contribution in [2.75, 3.05) is 17.7 Å². The van der Waals surface area contributed by atoms with Crippen molar-refractivity contribution < 1.29 is 9.59 Å². The number of urea groups is 1. The summed E-state index contributed by atoms with van der Waals surface area (Å²) < 4.78 is 0. The maximum atomic E-state index is 11.6. The van der Waals surface area contributed by atoms with E-state index in [2.05, 4.69) is 16.0 Å². The highest BCUT2D eigenvalue weighted by molar-refractivity contribution is 5.93. The second-order valence-corrected chi connectivity index (χ2v) is 4.43. The van der Waals surface area contributed by atoms with E-state index in [9.17, 15) is 9.59 Å². The van der Waals surface area contributed by atoms with Gasteiger partial charge in [-0.2, -0.15) is 0 Å². The molecule has 3 amide bonds. The summed E-state index contributed by atoms with van der Waals surface area (Å²) in [5.74, 6) is 0.291. The van der Waals surface area contributed by atoms with E-state index >= 15 is 0 Å². The normalized spacial score (nSPS) is 10.0. The first-order valence-electron chi connectivity index (χ1n) is 5.90. The highest BCUT2D eigenvalue weighted by Gasteiger charge is 2.06. The van der Waals surface area contributed by atoms with E-state index < -0.39 is 0 Å². The third kappa shape index (κ3) is 4.86. The van der Waals surface area contributed by atoms with Crippen molar-refractivity contribution in [2.45, 2.75) is 20.3 Å². The van der Waals surface area contributed by atoms with Crippen LogP contribution >= 0.6 is 0 Å². The lowest BCUT2D eigenvalue weighted by molar-refractivity contribution is -0.116. The van der Waals surface area contributed by atoms with Gasteiger partial charge in [-0.25, -0.2) is 4.79 Å².